The fourth-order valence-electron chi connectivity index (χ4n) is 3.84. The number of halogens is 1. The molecule has 0 aliphatic carbocycles. The number of furan rings is 1. The second kappa shape index (κ2) is 9.44. The summed E-state index contributed by atoms with van der Waals surface area (Å²) in [5.41, 5.74) is 0.980. The molecule has 174 valence electrons. The van der Waals surface area contributed by atoms with Gasteiger partial charge in [-0.25, -0.2) is 0 Å². The van der Waals surface area contributed by atoms with Crippen molar-refractivity contribution in [3.63, 3.8) is 0 Å². The first kappa shape index (κ1) is 23.1. The molecule has 0 saturated carbocycles. The van der Waals surface area contributed by atoms with E-state index < -0.39 is 29.5 Å². The van der Waals surface area contributed by atoms with Crippen LogP contribution in [-0.2, 0) is 20.8 Å². The lowest BCUT2D eigenvalue weighted by Gasteiger charge is -2.23. The number of amides is 1. The fraction of sp³-hybridized carbons (Fsp3) is 0.160. The number of aliphatic hydroxyl groups excluding tert-OH is 1. The largest absolute Gasteiger partial charge is 0.507 e. The maximum atomic E-state index is 13.1. The van der Waals surface area contributed by atoms with Crippen LogP contribution < -0.4 is 9.64 Å². The van der Waals surface area contributed by atoms with Gasteiger partial charge in [0.15, 0.2) is 0 Å². The molecule has 0 spiro atoms. The van der Waals surface area contributed by atoms with E-state index in [1.54, 1.807) is 43.3 Å². The smallest absolute Gasteiger partial charge is 0.307 e. The van der Waals surface area contributed by atoms with E-state index >= 15 is 0 Å². The first-order valence-corrected chi connectivity index (χ1v) is 10.8. The molecule has 0 radical (unpaired) electrons. The highest BCUT2D eigenvalue weighted by Crippen LogP contribution is 2.43. The molecule has 2 N–H and O–H groups in total. The molecule has 3 aromatic rings. The van der Waals surface area contributed by atoms with E-state index in [9.17, 15) is 19.5 Å². The zero-order valence-corrected chi connectivity index (χ0v) is 18.8. The zero-order chi connectivity index (χ0) is 24.4. The van der Waals surface area contributed by atoms with Gasteiger partial charge in [0.2, 0.25) is 0 Å². The number of ether oxygens (including phenoxy) is 1. The van der Waals surface area contributed by atoms with Crippen LogP contribution in [0.25, 0.3) is 5.76 Å². The van der Waals surface area contributed by atoms with Gasteiger partial charge < -0.3 is 19.4 Å². The molecule has 9 heteroatoms. The number of Topliss-reactive ketones (excluding diaryl/α,β-unsaturated/α-hetero) is 1. The molecular formula is C25H20ClNO7. The molecule has 8 nitrogen and oxygen atoms in total. The van der Waals surface area contributed by atoms with Crippen LogP contribution in [0.4, 0.5) is 5.69 Å². The average Bonchev–Trinajstić information content (AvgIpc) is 3.42. The van der Waals surface area contributed by atoms with Gasteiger partial charge in [-0.1, -0.05) is 23.7 Å². The summed E-state index contributed by atoms with van der Waals surface area (Å²) in [5, 5.41) is 20.5. The van der Waals surface area contributed by atoms with Crippen molar-refractivity contribution in [2.75, 3.05) is 11.5 Å². The predicted octanol–water partition coefficient (Wildman–Crippen LogP) is 4.59. The molecule has 1 aliphatic heterocycles. The molecule has 4 rings (SSSR count). The fourth-order valence-corrected chi connectivity index (χ4v) is 4.01. The maximum absolute atomic E-state index is 13.1. The molecular weight excluding hydrogens is 462 g/mol. The SMILES string of the molecule is CCOc1cc(/C(O)=C2/C(=O)C(=O)N(c3ccc(CC(=O)O)cc3)C2c2ccco2)ccc1Cl. The molecule has 2 heterocycles. The van der Waals surface area contributed by atoms with Gasteiger partial charge in [0, 0.05) is 11.3 Å². The van der Waals surface area contributed by atoms with Crippen LogP contribution in [0.2, 0.25) is 5.02 Å². The van der Waals surface area contributed by atoms with E-state index in [2.05, 4.69) is 0 Å². The molecule has 34 heavy (non-hydrogen) atoms. The van der Waals surface area contributed by atoms with Crippen LogP contribution in [0.5, 0.6) is 5.75 Å². The lowest BCUT2D eigenvalue weighted by molar-refractivity contribution is -0.136. The highest BCUT2D eigenvalue weighted by Gasteiger charge is 2.48. The minimum absolute atomic E-state index is 0.153. The van der Waals surface area contributed by atoms with Crippen LogP contribution in [0, 0.1) is 0 Å². The monoisotopic (exact) mass is 481 g/mol. The van der Waals surface area contributed by atoms with Gasteiger partial charge in [0.1, 0.15) is 23.3 Å². The minimum atomic E-state index is -1.04. The maximum Gasteiger partial charge on any atom is 0.307 e. The number of aliphatic hydroxyl groups is 1. The van der Waals surface area contributed by atoms with Gasteiger partial charge in [-0.15, -0.1) is 0 Å². The molecule has 1 saturated heterocycles. The van der Waals surface area contributed by atoms with E-state index in [0.29, 0.717) is 28.6 Å². The van der Waals surface area contributed by atoms with Crippen LogP contribution in [0.3, 0.4) is 0 Å². The summed E-state index contributed by atoms with van der Waals surface area (Å²) in [5.74, 6) is -2.53. The van der Waals surface area contributed by atoms with E-state index in [1.807, 2.05) is 0 Å². The van der Waals surface area contributed by atoms with Crippen molar-refractivity contribution in [1.82, 2.24) is 0 Å². The second-order valence-electron chi connectivity index (χ2n) is 7.50. The van der Waals surface area contributed by atoms with Gasteiger partial charge in [-0.2, -0.15) is 0 Å². The molecule has 1 unspecified atom stereocenters. The number of carbonyl (C=O) groups excluding carboxylic acids is 2. The van der Waals surface area contributed by atoms with Crippen molar-refractivity contribution in [1.29, 1.82) is 0 Å². The summed E-state index contributed by atoms with van der Waals surface area (Å²) in [4.78, 5) is 38.4. The molecule has 1 amide bonds. The van der Waals surface area contributed by atoms with Crippen molar-refractivity contribution in [3.8, 4) is 5.75 Å². The Morgan fingerprint density at radius 1 is 1.12 bits per heavy atom. The summed E-state index contributed by atoms with van der Waals surface area (Å²) >= 11 is 6.14. The number of ketones is 1. The standard InChI is InChI=1S/C25H20ClNO7/c1-2-33-19-13-15(7-10-17(19)26)23(30)21-22(18-4-3-11-34-18)27(25(32)24(21)31)16-8-5-14(6-9-16)12-20(28)29/h3-11,13,22,30H,2,12H2,1H3,(H,28,29)/b23-21-. The number of aliphatic carboxylic acids is 1. The molecule has 1 fully saturated rings. The third-order valence-electron chi connectivity index (χ3n) is 5.33. The molecule has 1 aliphatic rings. The number of carboxylic acids is 1. The Morgan fingerprint density at radius 3 is 2.47 bits per heavy atom. The summed E-state index contributed by atoms with van der Waals surface area (Å²) in [6.45, 7) is 2.13. The summed E-state index contributed by atoms with van der Waals surface area (Å²) in [6.07, 6.45) is 1.22. The number of carbonyl (C=O) groups is 3. The summed E-state index contributed by atoms with van der Waals surface area (Å²) < 4.78 is 11.0. The third-order valence-corrected chi connectivity index (χ3v) is 5.64. The van der Waals surface area contributed by atoms with E-state index in [1.165, 1.54) is 29.4 Å². The lowest BCUT2D eigenvalue weighted by atomic mass is 9.99. The number of nitrogens with zero attached hydrogens (tertiary/aromatic N) is 1. The number of hydrogen-bond donors (Lipinski definition) is 2. The normalized spacial score (nSPS) is 17.2. The van der Waals surface area contributed by atoms with Crippen molar-refractivity contribution in [2.24, 2.45) is 0 Å². The second-order valence-corrected chi connectivity index (χ2v) is 7.91. The van der Waals surface area contributed by atoms with Crippen LogP contribution >= 0.6 is 11.6 Å². The number of anilines is 1. The Balaban J connectivity index is 1.83. The van der Waals surface area contributed by atoms with Gasteiger partial charge in [-0.05, 0) is 55.0 Å². The van der Waals surface area contributed by atoms with Gasteiger partial charge in [-0.3, -0.25) is 19.3 Å². The molecule has 0 bridgehead atoms. The predicted molar refractivity (Wildman–Crippen MR) is 124 cm³/mol. The van der Waals surface area contributed by atoms with Crippen LogP contribution in [-0.4, -0.2) is 34.5 Å². The summed E-state index contributed by atoms with van der Waals surface area (Å²) in [6, 6.07) is 13.0. The highest BCUT2D eigenvalue weighted by atomic mass is 35.5. The van der Waals surface area contributed by atoms with E-state index in [4.69, 9.17) is 25.9 Å². The highest BCUT2D eigenvalue weighted by molar-refractivity contribution is 6.51. The third kappa shape index (κ3) is 4.27. The number of hydrogen-bond acceptors (Lipinski definition) is 6. The lowest BCUT2D eigenvalue weighted by Crippen LogP contribution is -2.29. The topological polar surface area (TPSA) is 117 Å². The Labute approximate surface area is 199 Å². The van der Waals surface area contributed by atoms with E-state index in [0.717, 1.165) is 0 Å². The molecule has 1 aromatic heterocycles. The first-order valence-electron chi connectivity index (χ1n) is 10.4. The number of carboxylic acid groups (broad SMARTS) is 1. The average molecular weight is 482 g/mol. The van der Waals surface area contributed by atoms with Crippen molar-refractivity contribution < 1.29 is 33.8 Å². The number of benzene rings is 2. The van der Waals surface area contributed by atoms with Gasteiger partial charge in [0.25, 0.3) is 11.7 Å². The Kier molecular flexibility index (Phi) is 6.43. The quantitative estimate of drug-likeness (QED) is 0.288. The summed E-state index contributed by atoms with van der Waals surface area (Å²) in [7, 11) is 0. The first-order chi connectivity index (χ1) is 16.3. The Bertz CT molecular complexity index is 1280. The van der Waals surface area contributed by atoms with E-state index in [-0.39, 0.29) is 23.3 Å². The van der Waals surface area contributed by atoms with Gasteiger partial charge in [0.05, 0.1) is 29.9 Å². The minimum Gasteiger partial charge on any atom is -0.507 e. The van der Waals surface area contributed by atoms with Gasteiger partial charge >= 0.3 is 5.97 Å². The molecule has 2 aromatic carbocycles. The van der Waals surface area contributed by atoms with Crippen molar-refractivity contribution in [2.45, 2.75) is 19.4 Å². The Hall–Kier alpha value is -4.04. The Morgan fingerprint density at radius 2 is 1.85 bits per heavy atom. The molecule has 1 atom stereocenters. The van der Waals surface area contributed by atoms with Crippen molar-refractivity contribution in [3.05, 3.63) is 88.3 Å². The van der Waals surface area contributed by atoms with Crippen molar-refractivity contribution >= 4 is 40.7 Å². The van der Waals surface area contributed by atoms with Crippen LogP contribution in [0.1, 0.15) is 29.9 Å². The number of rotatable bonds is 7. The van der Waals surface area contributed by atoms with Crippen LogP contribution in [0.15, 0.2) is 70.9 Å². The zero-order valence-electron chi connectivity index (χ0n) is 18.0.